The number of hydrogen-bond acceptors (Lipinski definition) is 4. The summed E-state index contributed by atoms with van der Waals surface area (Å²) in [6, 6.07) is 3.07. The van der Waals surface area contributed by atoms with Crippen LogP contribution in [0.5, 0.6) is 0 Å². The Morgan fingerprint density at radius 1 is 1.48 bits per heavy atom. The van der Waals surface area contributed by atoms with E-state index in [0.717, 1.165) is 11.9 Å². The lowest BCUT2D eigenvalue weighted by Gasteiger charge is -2.10. The molecule has 0 atom stereocenters. The summed E-state index contributed by atoms with van der Waals surface area (Å²) in [5.74, 6) is -0.495. The second-order valence-electron chi connectivity index (χ2n) is 4.53. The van der Waals surface area contributed by atoms with Crippen LogP contribution in [0.2, 0.25) is 0 Å². The quantitative estimate of drug-likeness (QED) is 0.843. The van der Waals surface area contributed by atoms with E-state index in [2.05, 4.69) is 20.7 Å². The molecule has 6 nitrogen and oxygen atoms in total. The van der Waals surface area contributed by atoms with E-state index in [4.69, 9.17) is 0 Å². The Kier molecular flexibility index (Phi) is 4.86. The Labute approximate surface area is 122 Å². The zero-order chi connectivity index (χ0) is 15.2. The minimum absolute atomic E-state index is 0.210. The number of carbonyl (C=O) groups excluding carboxylic acids is 1. The van der Waals surface area contributed by atoms with Crippen molar-refractivity contribution in [2.24, 2.45) is 7.05 Å². The molecule has 112 valence electrons. The standard InChI is InChI=1S/C14H18FN5O/c1-3-16-13-12(8-10(15)9-18-13)14(21)17-6-4-11-5-7-19-20(11)2/h5,7-9H,3-4,6H2,1-2H3,(H,16,18)(H,17,21). The fourth-order valence-corrected chi connectivity index (χ4v) is 1.97. The normalized spacial score (nSPS) is 10.4. The second-order valence-corrected chi connectivity index (χ2v) is 4.53. The molecule has 0 bridgehead atoms. The maximum Gasteiger partial charge on any atom is 0.255 e. The molecule has 2 N–H and O–H groups in total. The van der Waals surface area contributed by atoms with Crippen LogP contribution in [0.4, 0.5) is 10.2 Å². The first kappa shape index (κ1) is 15.0. The lowest BCUT2D eigenvalue weighted by atomic mass is 10.2. The Hall–Kier alpha value is -2.44. The molecule has 2 rings (SSSR count). The number of anilines is 1. The van der Waals surface area contributed by atoms with Gasteiger partial charge in [-0.2, -0.15) is 5.10 Å². The van der Waals surface area contributed by atoms with Crippen molar-refractivity contribution in [3.05, 3.63) is 41.6 Å². The van der Waals surface area contributed by atoms with Crippen LogP contribution in [-0.4, -0.2) is 33.8 Å². The molecule has 0 saturated heterocycles. The Balaban J connectivity index is 1.99. The van der Waals surface area contributed by atoms with Crippen LogP contribution < -0.4 is 10.6 Å². The first-order chi connectivity index (χ1) is 10.1. The third-order valence-electron chi connectivity index (χ3n) is 3.03. The molecule has 21 heavy (non-hydrogen) atoms. The number of aromatic nitrogens is 3. The van der Waals surface area contributed by atoms with E-state index in [1.807, 2.05) is 20.0 Å². The van der Waals surface area contributed by atoms with Crippen molar-refractivity contribution in [2.75, 3.05) is 18.4 Å². The van der Waals surface area contributed by atoms with Gasteiger partial charge < -0.3 is 10.6 Å². The first-order valence-electron chi connectivity index (χ1n) is 6.76. The van der Waals surface area contributed by atoms with Crippen LogP contribution in [-0.2, 0) is 13.5 Å². The molecule has 2 aromatic rings. The van der Waals surface area contributed by atoms with E-state index in [-0.39, 0.29) is 11.5 Å². The highest BCUT2D eigenvalue weighted by Crippen LogP contribution is 2.13. The number of halogens is 1. The molecule has 1 amide bonds. The smallest absolute Gasteiger partial charge is 0.255 e. The summed E-state index contributed by atoms with van der Waals surface area (Å²) in [6.07, 6.45) is 3.45. The third kappa shape index (κ3) is 3.77. The monoisotopic (exact) mass is 291 g/mol. The van der Waals surface area contributed by atoms with E-state index >= 15 is 0 Å². The Bertz CT molecular complexity index is 626. The molecule has 2 heterocycles. The largest absolute Gasteiger partial charge is 0.370 e. The SMILES string of the molecule is CCNc1ncc(F)cc1C(=O)NCCc1ccnn1C. The molecule has 0 aliphatic heterocycles. The molecule has 2 aromatic heterocycles. The molecule has 0 saturated carbocycles. The Morgan fingerprint density at radius 2 is 2.29 bits per heavy atom. The third-order valence-corrected chi connectivity index (χ3v) is 3.03. The number of rotatable bonds is 6. The van der Waals surface area contributed by atoms with Crippen molar-refractivity contribution >= 4 is 11.7 Å². The van der Waals surface area contributed by atoms with Gasteiger partial charge in [0, 0.05) is 38.4 Å². The van der Waals surface area contributed by atoms with Gasteiger partial charge in [0.15, 0.2) is 0 Å². The molecule has 0 radical (unpaired) electrons. The average molecular weight is 291 g/mol. The Morgan fingerprint density at radius 3 is 2.95 bits per heavy atom. The molecule has 0 fully saturated rings. The van der Waals surface area contributed by atoms with E-state index < -0.39 is 5.82 Å². The predicted octanol–water partition coefficient (Wildman–Crippen LogP) is 1.36. The number of carbonyl (C=O) groups is 1. The minimum Gasteiger partial charge on any atom is -0.370 e. The van der Waals surface area contributed by atoms with Gasteiger partial charge in [-0.1, -0.05) is 0 Å². The number of nitrogens with one attached hydrogen (secondary N) is 2. The lowest BCUT2D eigenvalue weighted by Crippen LogP contribution is -2.27. The van der Waals surface area contributed by atoms with Crippen LogP contribution in [0.3, 0.4) is 0 Å². The number of aryl methyl sites for hydroxylation is 1. The average Bonchev–Trinajstić information content (AvgIpc) is 2.86. The van der Waals surface area contributed by atoms with E-state index in [0.29, 0.717) is 25.3 Å². The number of hydrogen-bond donors (Lipinski definition) is 2. The topological polar surface area (TPSA) is 71.8 Å². The molecular weight excluding hydrogens is 273 g/mol. The van der Waals surface area contributed by atoms with Crippen LogP contribution in [0, 0.1) is 5.82 Å². The van der Waals surface area contributed by atoms with E-state index in [1.165, 1.54) is 6.07 Å². The molecular formula is C14H18FN5O. The fraction of sp³-hybridized carbons (Fsp3) is 0.357. The summed E-state index contributed by atoms with van der Waals surface area (Å²) in [6.45, 7) is 2.93. The second kappa shape index (κ2) is 6.83. The van der Waals surface area contributed by atoms with Crippen LogP contribution in [0.15, 0.2) is 24.5 Å². The zero-order valence-corrected chi connectivity index (χ0v) is 12.1. The summed E-state index contributed by atoms with van der Waals surface area (Å²) in [7, 11) is 1.84. The molecule has 0 aromatic carbocycles. The van der Waals surface area contributed by atoms with E-state index in [9.17, 15) is 9.18 Å². The number of nitrogens with zero attached hydrogens (tertiary/aromatic N) is 3. The van der Waals surface area contributed by atoms with Crippen LogP contribution in [0.25, 0.3) is 0 Å². The lowest BCUT2D eigenvalue weighted by molar-refractivity contribution is 0.0954. The van der Waals surface area contributed by atoms with E-state index in [1.54, 1.807) is 10.9 Å². The molecule has 0 unspecified atom stereocenters. The van der Waals surface area contributed by atoms with Gasteiger partial charge in [0.1, 0.15) is 11.6 Å². The summed E-state index contributed by atoms with van der Waals surface area (Å²) in [4.78, 5) is 16.0. The number of pyridine rings is 1. The van der Waals surface area contributed by atoms with Crippen molar-refractivity contribution in [1.29, 1.82) is 0 Å². The fourth-order valence-electron chi connectivity index (χ4n) is 1.97. The molecule has 7 heteroatoms. The maximum atomic E-state index is 13.3. The summed E-state index contributed by atoms with van der Waals surface area (Å²) in [5.41, 5.74) is 1.22. The number of amides is 1. The maximum absolute atomic E-state index is 13.3. The van der Waals surface area contributed by atoms with Crippen molar-refractivity contribution < 1.29 is 9.18 Å². The van der Waals surface area contributed by atoms with Gasteiger partial charge in [0.05, 0.1) is 11.8 Å². The molecule has 0 spiro atoms. The highest BCUT2D eigenvalue weighted by Gasteiger charge is 2.13. The zero-order valence-electron chi connectivity index (χ0n) is 12.1. The molecule has 0 aliphatic carbocycles. The first-order valence-corrected chi connectivity index (χ1v) is 6.76. The highest BCUT2D eigenvalue weighted by molar-refractivity contribution is 5.98. The predicted molar refractivity (Wildman–Crippen MR) is 77.6 cm³/mol. The van der Waals surface area contributed by atoms with Gasteiger partial charge in [0.25, 0.3) is 5.91 Å². The van der Waals surface area contributed by atoms with Crippen molar-refractivity contribution in [3.8, 4) is 0 Å². The van der Waals surface area contributed by atoms with Crippen molar-refractivity contribution in [2.45, 2.75) is 13.3 Å². The van der Waals surface area contributed by atoms with Gasteiger partial charge in [-0.3, -0.25) is 9.48 Å². The molecule has 0 aliphatic rings. The van der Waals surface area contributed by atoms with Crippen molar-refractivity contribution in [3.63, 3.8) is 0 Å². The van der Waals surface area contributed by atoms with Gasteiger partial charge in [-0.05, 0) is 19.1 Å². The van der Waals surface area contributed by atoms with Crippen molar-refractivity contribution in [1.82, 2.24) is 20.1 Å². The van der Waals surface area contributed by atoms with Gasteiger partial charge >= 0.3 is 0 Å². The summed E-state index contributed by atoms with van der Waals surface area (Å²) in [5, 5.41) is 9.77. The highest BCUT2D eigenvalue weighted by atomic mass is 19.1. The summed E-state index contributed by atoms with van der Waals surface area (Å²) < 4.78 is 15.0. The van der Waals surface area contributed by atoms with Gasteiger partial charge in [-0.15, -0.1) is 0 Å². The minimum atomic E-state index is -0.534. The summed E-state index contributed by atoms with van der Waals surface area (Å²) >= 11 is 0. The van der Waals surface area contributed by atoms with Crippen LogP contribution in [0.1, 0.15) is 23.0 Å². The van der Waals surface area contributed by atoms with Crippen LogP contribution >= 0.6 is 0 Å². The van der Waals surface area contributed by atoms with Gasteiger partial charge in [0.2, 0.25) is 0 Å². The van der Waals surface area contributed by atoms with Gasteiger partial charge in [-0.25, -0.2) is 9.37 Å².